The van der Waals surface area contributed by atoms with E-state index in [4.69, 9.17) is 5.73 Å². The molecular weight excluding hydrogens is 655 g/mol. The van der Waals surface area contributed by atoms with Crippen molar-refractivity contribution < 1.29 is 28.8 Å². The maximum Gasteiger partial charge on any atom is 0.289 e. The van der Waals surface area contributed by atoms with E-state index in [1.54, 1.807) is 4.90 Å². The number of primary amides is 1. The van der Waals surface area contributed by atoms with E-state index in [1.807, 2.05) is 24.3 Å². The number of nitrogens with one attached hydrogen (secondary N) is 3. The quantitative estimate of drug-likeness (QED) is 0.270. The number of piperidine rings is 1. The van der Waals surface area contributed by atoms with Gasteiger partial charge in [-0.1, -0.05) is 51.0 Å². The van der Waals surface area contributed by atoms with Crippen molar-refractivity contribution in [2.75, 3.05) is 6.54 Å². The Balaban J connectivity index is 0.999. The molecule has 0 spiro atoms. The second-order valence-electron chi connectivity index (χ2n) is 17.4. The third-order valence-corrected chi connectivity index (χ3v) is 14.2. The van der Waals surface area contributed by atoms with Crippen molar-refractivity contribution in [2.45, 2.75) is 108 Å². The highest BCUT2D eigenvalue weighted by Crippen LogP contribution is 2.65. The highest BCUT2D eigenvalue weighted by atomic mass is 32.2. The summed E-state index contributed by atoms with van der Waals surface area (Å²) >= 11 is 0.590. The summed E-state index contributed by atoms with van der Waals surface area (Å²) in [6.07, 6.45) is 9.99. The number of thioether (sulfide) groups is 1. The standard InChI is InChI=1S/C38H49N5O6S/c1-37(2)26-18-43(30(28(26)37)33(46)40-27(12-19-7-8-19)31(44)32(39)45)34(47)29(25-13-23-5-3-4-6-24(23)14-25)41-35(48)50-36(49)42-38-15-20-9-21(16-38)11-22(10-20)17-38/h3-6,19-22,25-30H,7-18H2,1-2H3,(H2,39,45)(H,40,46)(H,41,48)(H,42,49)/t20?,21?,22?,26?,27?,28?,29-,30-,38?/m0/s1. The van der Waals surface area contributed by atoms with Crippen LogP contribution in [-0.4, -0.2) is 69.1 Å². The number of carbonyl (C=O) groups excluding carboxylic acids is 6. The Morgan fingerprint density at radius 1 is 0.900 bits per heavy atom. The molecule has 11 nitrogen and oxygen atoms in total. The fraction of sp³-hybridized carbons (Fsp3) is 0.684. The summed E-state index contributed by atoms with van der Waals surface area (Å²) in [6.45, 7) is 4.50. The van der Waals surface area contributed by atoms with Crippen LogP contribution < -0.4 is 21.7 Å². The zero-order valence-electron chi connectivity index (χ0n) is 29.0. The van der Waals surface area contributed by atoms with Crippen LogP contribution in [0, 0.1) is 46.8 Å². The zero-order valence-corrected chi connectivity index (χ0v) is 29.8. The van der Waals surface area contributed by atoms with Gasteiger partial charge >= 0.3 is 0 Å². The largest absolute Gasteiger partial charge is 0.363 e. The van der Waals surface area contributed by atoms with Gasteiger partial charge in [0.05, 0.1) is 6.04 Å². The summed E-state index contributed by atoms with van der Waals surface area (Å²) in [6, 6.07) is 5.14. The fourth-order valence-corrected chi connectivity index (χ4v) is 11.9. The molecule has 5 atom stereocenters. The molecule has 12 heteroatoms. The highest BCUT2D eigenvalue weighted by molar-refractivity contribution is 8.26. The number of nitrogens with two attached hydrogens (primary N) is 1. The fourth-order valence-electron chi connectivity index (χ4n) is 11.3. The number of likely N-dealkylation sites (tertiary alicyclic amines) is 1. The number of rotatable bonds is 10. The van der Waals surface area contributed by atoms with Crippen LogP contribution in [-0.2, 0) is 32.0 Å². The van der Waals surface area contributed by atoms with Crippen molar-refractivity contribution in [3.05, 3.63) is 35.4 Å². The molecule has 50 heavy (non-hydrogen) atoms. The first-order chi connectivity index (χ1) is 23.8. The SMILES string of the molecule is CC1(C)C2CN(C(=O)[C@@H](NC(=O)SC(=O)NC34CC5CC(CC(C5)C3)C4)C3Cc4ccccc4C3)[C@H](C(=O)NC(CC3CC3)C(=O)C(N)=O)C21. The van der Waals surface area contributed by atoms with Crippen molar-refractivity contribution >= 4 is 45.7 Å². The normalized spacial score (nSPS) is 33.9. The monoisotopic (exact) mass is 703 g/mol. The van der Waals surface area contributed by atoms with Gasteiger partial charge in [-0.05, 0) is 116 Å². The molecular formula is C38H49N5O6S. The lowest BCUT2D eigenvalue weighted by atomic mass is 9.53. The summed E-state index contributed by atoms with van der Waals surface area (Å²) in [5.74, 6) is -0.883. The van der Waals surface area contributed by atoms with Crippen molar-refractivity contribution in [1.29, 1.82) is 0 Å². The summed E-state index contributed by atoms with van der Waals surface area (Å²) in [7, 11) is 0. The van der Waals surface area contributed by atoms with Crippen LogP contribution >= 0.6 is 11.8 Å². The van der Waals surface area contributed by atoms with Crippen molar-refractivity contribution in [3.63, 3.8) is 0 Å². The first-order valence-corrected chi connectivity index (χ1v) is 19.4. The first-order valence-electron chi connectivity index (χ1n) is 18.6. The van der Waals surface area contributed by atoms with Crippen LogP contribution in [0.2, 0.25) is 0 Å². The van der Waals surface area contributed by atoms with Crippen LogP contribution in [0.3, 0.4) is 0 Å². The number of carbonyl (C=O) groups is 6. The Morgan fingerprint density at radius 2 is 1.50 bits per heavy atom. The van der Waals surface area contributed by atoms with Gasteiger partial charge in [-0.2, -0.15) is 0 Å². The Bertz CT molecular complexity index is 1580. The molecule has 0 aromatic heterocycles. The Morgan fingerprint density at radius 3 is 2.06 bits per heavy atom. The third-order valence-electron chi connectivity index (χ3n) is 13.6. The average molecular weight is 704 g/mol. The molecule has 7 aliphatic carbocycles. The number of hydrogen-bond acceptors (Lipinski definition) is 7. The van der Waals surface area contributed by atoms with Gasteiger partial charge in [0.1, 0.15) is 12.1 Å². The van der Waals surface area contributed by atoms with E-state index in [-0.39, 0.29) is 45.8 Å². The molecule has 4 bridgehead atoms. The van der Waals surface area contributed by atoms with Gasteiger partial charge in [0.2, 0.25) is 17.6 Å². The summed E-state index contributed by atoms with van der Waals surface area (Å²) in [4.78, 5) is 82.0. The molecule has 268 valence electrons. The smallest absolute Gasteiger partial charge is 0.289 e. The minimum atomic E-state index is -1.09. The first kappa shape index (κ1) is 33.7. The molecule has 1 aromatic carbocycles. The average Bonchev–Trinajstić information content (AvgIpc) is 3.79. The van der Waals surface area contributed by atoms with E-state index in [1.165, 1.54) is 19.3 Å². The molecule has 1 aromatic rings. The van der Waals surface area contributed by atoms with Gasteiger partial charge in [-0.3, -0.25) is 28.8 Å². The van der Waals surface area contributed by atoms with Gasteiger partial charge in [-0.15, -0.1) is 0 Å². The number of hydrogen-bond donors (Lipinski definition) is 4. The number of fused-ring (bicyclic) bond motifs is 2. The summed E-state index contributed by atoms with van der Waals surface area (Å²) in [5, 5.41) is 8.05. The third kappa shape index (κ3) is 6.23. The number of amides is 5. The van der Waals surface area contributed by atoms with E-state index in [9.17, 15) is 28.8 Å². The van der Waals surface area contributed by atoms with E-state index in [0.717, 1.165) is 43.2 Å². The Kier molecular flexibility index (Phi) is 8.34. The molecule has 3 unspecified atom stereocenters. The van der Waals surface area contributed by atoms with Gasteiger partial charge < -0.3 is 26.6 Å². The van der Waals surface area contributed by atoms with E-state index >= 15 is 0 Å². The van der Waals surface area contributed by atoms with E-state index < -0.39 is 41.0 Å². The van der Waals surface area contributed by atoms with Crippen LogP contribution in [0.15, 0.2) is 24.3 Å². The van der Waals surface area contributed by atoms with Gasteiger partial charge in [0.25, 0.3) is 16.4 Å². The second-order valence-corrected chi connectivity index (χ2v) is 18.4. The Hall–Kier alpha value is -3.41. The minimum Gasteiger partial charge on any atom is -0.363 e. The summed E-state index contributed by atoms with van der Waals surface area (Å²) < 4.78 is 0. The molecule has 5 amide bonds. The number of ketones is 1. The maximum absolute atomic E-state index is 14.7. The molecule has 1 heterocycles. The molecule has 7 fully saturated rings. The summed E-state index contributed by atoms with van der Waals surface area (Å²) in [5.41, 5.74) is 7.16. The van der Waals surface area contributed by atoms with Gasteiger partial charge in [0, 0.05) is 23.8 Å². The van der Waals surface area contributed by atoms with E-state index in [2.05, 4.69) is 29.8 Å². The van der Waals surface area contributed by atoms with Crippen LogP contribution in [0.25, 0.3) is 0 Å². The Labute approximate surface area is 297 Å². The van der Waals surface area contributed by atoms with Crippen LogP contribution in [0.4, 0.5) is 9.59 Å². The lowest BCUT2D eigenvalue weighted by Gasteiger charge is -2.56. The maximum atomic E-state index is 14.7. The highest BCUT2D eigenvalue weighted by Gasteiger charge is 2.70. The van der Waals surface area contributed by atoms with Gasteiger partial charge in [-0.25, -0.2) is 0 Å². The lowest BCUT2D eigenvalue weighted by Crippen LogP contribution is -2.60. The molecule has 9 rings (SSSR count). The minimum absolute atomic E-state index is 0.0773. The molecule has 8 aliphatic rings. The molecule has 6 saturated carbocycles. The number of benzene rings is 1. The molecule has 1 saturated heterocycles. The predicted octanol–water partition coefficient (Wildman–Crippen LogP) is 3.71. The van der Waals surface area contributed by atoms with Crippen LogP contribution in [0.5, 0.6) is 0 Å². The van der Waals surface area contributed by atoms with E-state index in [0.29, 0.717) is 55.3 Å². The zero-order chi connectivity index (χ0) is 35.1. The van der Waals surface area contributed by atoms with Gasteiger partial charge in [0.15, 0.2) is 0 Å². The van der Waals surface area contributed by atoms with Crippen molar-refractivity contribution in [1.82, 2.24) is 20.9 Å². The number of Topliss-reactive ketones (excluding diaryl/α,β-unsaturated/α-hetero) is 1. The molecule has 0 radical (unpaired) electrons. The van der Waals surface area contributed by atoms with Crippen LogP contribution in [0.1, 0.15) is 82.8 Å². The number of nitrogens with zero attached hydrogens (tertiary/aromatic N) is 1. The van der Waals surface area contributed by atoms with Crippen molar-refractivity contribution in [3.8, 4) is 0 Å². The second kappa shape index (κ2) is 12.4. The molecule has 1 aliphatic heterocycles. The topological polar surface area (TPSA) is 168 Å². The molecule has 5 N–H and O–H groups in total. The van der Waals surface area contributed by atoms with Crippen molar-refractivity contribution in [2.24, 2.45) is 52.6 Å². The predicted molar refractivity (Wildman–Crippen MR) is 186 cm³/mol. The lowest BCUT2D eigenvalue weighted by molar-refractivity contribution is -0.144.